The lowest BCUT2D eigenvalue weighted by Crippen LogP contribution is -2.29. The quantitative estimate of drug-likeness (QED) is 0.875. The van der Waals surface area contributed by atoms with Gasteiger partial charge in [-0.25, -0.2) is 9.78 Å². The first-order valence-corrected chi connectivity index (χ1v) is 8.20. The number of rotatable bonds is 2. The van der Waals surface area contributed by atoms with Crippen molar-refractivity contribution in [3.8, 4) is 0 Å². The van der Waals surface area contributed by atoms with E-state index >= 15 is 0 Å². The maximum atomic E-state index is 11.0. The highest BCUT2D eigenvalue weighted by molar-refractivity contribution is 5.85. The van der Waals surface area contributed by atoms with Crippen molar-refractivity contribution >= 4 is 11.7 Å². The molecule has 3 atom stereocenters. The number of benzene rings is 1. The summed E-state index contributed by atoms with van der Waals surface area (Å²) in [6.07, 6.45) is 5.41. The number of hydrogen-bond donors (Lipinski definition) is 2. The highest BCUT2D eigenvalue weighted by Gasteiger charge is 2.40. The number of aromatic nitrogens is 1. The highest BCUT2D eigenvalue weighted by atomic mass is 16.4. The first-order valence-electron chi connectivity index (χ1n) is 8.20. The zero-order valence-corrected chi connectivity index (χ0v) is 13.1. The molecule has 2 aromatic rings. The summed E-state index contributed by atoms with van der Waals surface area (Å²) in [6, 6.07) is 10.4. The first-order chi connectivity index (χ1) is 11.1. The zero-order valence-electron chi connectivity index (χ0n) is 13.1. The molecule has 118 valence electrons. The number of pyridine rings is 1. The van der Waals surface area contributed by atoms with Crippen LogP contribution >= 0.6 is 0 Å². The molecule has 1 aromatic carbocycles. The molecule has 4 heteroatoms. The van der Waals surface area contributed by atoms with Gasteiger partial charge in [0, 0.05) is 11.9 Å². The molecule has 23 heavy (non-hydrogen) atoms. The van der Waals surface area contributed by atoms with Crippen LogP contribution in [0.2, 0.25) is 0 Å². The number of aryl methyl sites for hydroxylation is 1. The molecule has 0 saturated heterocycles. The van der Waals surface area contributed by atoms with Gasteiger partial charge in [0.1, 0.15) is 5.69 Å². The topological polar surface area (TPSA) is 62.2 Å². The van der Waals surface area contributed by atoms with Crippen LogP contribution in [0, 0.1) is 12.8 Å². The Morgan fingerprint density at radius 2 is 2.13 bits per heavy atom. The number of anilines is 1. The molecule has 1 aliphatic heterocycles. The third-order valence-electron chi connectivity index (χ3n) is 5.28. The molecule has 1 aromatic heterocycles. The number of hydrogen-bond acceptors (Lipinski definition) is 3. The number of nitrogens with zero attached hydrogens (tertiary/aromatic N) is 1. The Labute approximate surface area is 135 Å². The Hall–Kier alpha value is -2.36. The van der Waals surface area contributed by atoms with E-state index in [-0.39, 0.29) is 11.7 Å². The van der Waals surface area contributed by atoms with Gasteiger partial charge in [0.2, 0.25) is 0 Å². The third-order valence-corrected chi connectivity index (χ3v) is 5.28. The van der Waals surface area contributed by atoms with Crippen LogP contribution in [0.1, 0.15) is 58.4 Å². The zero-order chi connectivity index (χ0) is 16.0. The van der Waals surface area contributed by atoms with Crippen molar-refractivity contribution in [2.45, 2.75) is 38.1 Å². The fourth-order valence-electron chi connectivity index (χ4n) is 4.22. The van der Waals surface area contributed by atoms with Crippen molar-refractivity contribution in [3.05, 3.63) is 58.9 Å². The summed E-state index contributed by atoms with van der Waals surface area (Å²) in [5.74, 6) is 0.171. The average molecular weight is 308 g/mol. The fourth-order valence-corrected chi connectivity index (χ4v) is 4.22. The van der Waals surface area contributed by atoms with Gasteiger partial charge in [0.25, 0.3) is 0 Å². The molecule has 4 nitrogen and oxygen atoms in total. The van der Waals surface area contributed by atoms with Crippen LogP contribution in [0.3, 0.4) is 0 Å². The number of carboxylic acid groups (broad SMARTS) is 1. The first kappa shape index (κ1) is 14.2. The smallest absolute Gasteiger partial charge is 0.354 e. The molecule has 0 amide bonds. The molecule has 1 saturated carbocycles. The van der Waals surface area contributed by atoms with Crippen LogP contribution in [0.5, 0.6) is 0 Å². The summed E-state index contributed by atoms with van der Waals surface area (Å²) in [4.78, 5) is 15.1. The van der Waals surface area contributed by atoms with E-state index in [0.29, 0.717) is 11.8 Å². The largest absolute Gasteiger partial charge is 0.477 e. The van der Waals surface area contributed by atoms with Crippen molar-refractivity contribution in [3.63, 3.8) is 0 Å². The SMILES string of the molecule is Cc1ccc2c(c1)[C@@H]1CCC[C@@H]1[C@H](c1ccc(C(=O)O)nc1)N2. The normalized spacial score (nSPS) is 25.3. The molecule has 0 bridgehead atoms. The Kier molecular flexibility index (Phi) is 3.33. The predicted octanol–water partition coefficient (Wildman–Crippen LogP) is 4.14. The van der Waals surface area contributed by atoms with Gasteiger partial charge < -0.3 is 10.4 Å². The summed E-state index contributed by atoms with van der Waals surface area (Å²) in [6.45, 7) is 2.14. The minimum Gasteiger partial charge on any atom is -0.477 e. The number of fused-ring (bicyclic) bond motifs is 3. The molecule has 1 fully saturated rings. The molecule has 4 rings (SSSR count). The molecular formula is C19H20N2O2. The predicted molar refractivity (Wildman–Crippen MR) is 88.8 cm³/mol. The van der Waals surface area contributed by atoms with E-state index in [1.165, 1.54) is 36.1 Å². The van der Waals surface area contributed by atoms with Gasteiger partial charge in [-0.05, 0) is 54.9 Å². The second-order valence-electron chi connectivity index (χ2n) is 6.70. The van der Waals surface area contributed by atoms with Crippen LogP contribution < -0.4 is 5.32 Å². The van der Waals surface area contributed by atoms with Gasteiger partial charge in [0.05, 0.1) is 6.04 Å². The molecule has 1 aliphatic carbocycles. The van der Waals surface area contributed by atoms with E-state index in [4.69, 9.17) is 5.11 Å². The van der Waals surface area contributed by atoms with Crippen molar-refractivity contribution in [1.82, 2.24) is 4.98 Å². The van der Waals surface area contributed by atoms with Crippen LogP contribution in [0.15, 0.2) is 36.5 Å². The lowest BCUT2D eigenvalue weighted by Gasteiger charge is -2.37. The molecule has 2 heterocycles. The number of carboxylic acids is 1. The second-order valence-corrected chi connectivity index (χ2v) is 6.70. The summed E-state index contributed by atoms with van der Waals surface area (Å²) in [7, 11) is 0. The summed E-state index contributed by atoms with van der Waals surface area (Å²) in [5, 5.41) is 12.7. The molecule has 0 radical (unpaired) electrons. The summed E-state index contributed by atoms with van der Waals surface area (Å²) < 4.78 is 0. The van der Waals surface area contributed by atoms with Gasteiger partial charge >= 0.3 is 5.97 Å². The number of nitrogens with one attached hydrogen (secondary N) is 1. The van der Waals surface area contributed by atoms with E-state index in [1.54, 1.807) is 12.3 Å². The van der Waals surface area contributed by atoms with E-state index in [0.717, 1.165) is 5.56 Å². The van der Waals surface area contributed by atoms with Gasteiger partial charge in [-0.2, -0.15) is 0 Å². The molecule has 2 aliphatic rings. The second kappa shape index (κ2) is 5.37. The van der Waals surface area contributed by atoms with E-state index in [1.807, 2.05) is 6.07 Å². The lowest BCUT2D eigenvalue weighted by molar-refractivity contribution is 0.0690. The standard InChI is InChI=1S/C19H20N2O2/c1-11-5-7-16-15(9-11)13-3-2-4-14(13)18(21-16)12-6-8-17(19(22)23)20-10-12/h5-10,13-14,18,21H,2-4H2,1H3,(H,22,23)/t13-,14+,18+/m1/s1. The van der Waals surface area contributed by atoms with E-state index in [9.17, 15) is 4.79 Å². The highest BCUT2D eigenvalue weighted by Crippen LogP contribution is 2.52. The van der Waals surface area contributed by atoms with Crippen LogP contribution in [-0.4, -0.2) is 16.1 Å². The van der Waals surface area contributed by atoms with Gasteiger partial charge in [-0.3, -0.25) is 0 Å². The van der Waals surface area contributed by atoms with E-state index in [2.05, 4.69) is 35.4 Å². The Morgan fingerprint density at radius 3 is 2.87 bits per heavy atom. The van der Waals surface area contributed by atoms with Crippen molar-refractivity contribution in [2.75, 3.05) is 5.32 Å². The minimum atomic E-state index is -0.979. The minimum absolute atomic E-state index is 0.101. The summed E-state index contributed by atoms with van der Waals surface area (Å²) in [5.41, 5.74) is 5.15. The number of carbonyl (C=O) groups is 1. The fraction of sp³-hybridized carbons (Fsp3) is 0.368. The molecular weight excluding hydrogens is 288 g/mol. The Morgan fingerprint density at radius 1 is 1.26 bits per heavy atom. The van der Waals surface area contributed by atoms with Gasteiger partial charge in [-0.15, -0.1) is 0 Å². The monoisotopic (exact) mass is 308 g/mol. The van der Waals surface area contributed by atoms with Gasteiger partial charge in [-0.1, -0.05) is 30.2 Å². The van der Waals surface area contributed by atoms with Gasteiger partial charge in [0.15, 0.2) is 0 Å². The van der Waals surface area contributed by atoms with Crippen LogP contribution in [0.25, 0.3) is 0 Å². The maximum Gasteiger partial charge on any atom is 0.354 e. The summed E-state index contributed by atoms with van der Waals surface area (Å²) >= 11 is 0. The van der Waals surface area contributed by atoms with Crippen molar-refractivity contribution in [2.24, 2.45) is 5.92 Å². The third kappa shape index (κ3) is 2.38. The number of aromatic carboxylic acids is 1. The van der Waals surface area contributed by atoms with E-state index < -0.39 is 5.97 Å². The average Bonchev–Trinajstić information content (AvgIpc) is 3.04. The Bertz CT molecular complexity index is 754. The molecule has 2 N–H and O–H groups in total. The molecule has 0 spiro atoms. The Balaban J connectivity index is 1.72. The maximum absolute atomic E-state index is 11.0. The van der Waals surface area contributed by atoms with Crippen LogP contribution in [-0.2, 0) is 0 Å². The van der Waals surface area contributed by atoms with Crippen molar-refractivity contribution in [1.29, 1.82) is 0 Å². The van der Waals surface area contributed by atoms with Crippen LogP contribution in [0.4, 0.5) is 5.69 Å². The lowest BCUT2D eigenvalue weighted by atomic mass is 9.77. The van der Waals surface area contributed by atoms with Crippen molar-refractivity contribution < 1.29 is 9.90 Å². The molecule has 0 unspecified atom stereocenters.